The van der Waals surface area contributed by atoms with Gasteiger partial charge in [-0.15, -0.1) is 4.91 Å². The van der Waals surface area contributed by atoms with E-state index in [-0.39, 0.29) is 4.90 Å². The molecule has 0 spiro atoms. The monoisotopic (exact) mass is 442 g/mol. The molecule has 164 valence electrons. The molecule has 0 fully saturated rings. The number of fused-ring (bicyclic) bond motifs is 3. The summed E-state index contributed by atoms with van der Waals surface area (Å²) >= 11 is 0. The Hall–Kier alpha value is -2.62. The van der Waals surface area contributed by atoms with Crippen molar-refractivity contribution in [1.29, 1.82) is 0 Å². The molecule has 2 aliphatic heterocycles. The maximum absolute atomic E-state index is 12.6. The van der Waals surface area contributed by atoms with Crippen molar-refractivity contribution < 1.29 is 13.2 Å². The van der Waals surface area contributed by atoms with E-state index < -0.39 is 27.5 Å². The van der Waals surface area contributed by atoms with E-state index in [0.29, 0.717) is 17.8 Å². The lowest BCUT2D eigenvalue weighted by Crippen LogP contribution is -2.40. The summed E-state index contributed by atoms with van der Waals surface area (Å²) in [4.78, 5) is 25.9. The molecule has 0 aromatic heterocycles. The van der Waals surface area contributed by atoms with Crippen LogP contribution in [0.15, 0.2) is 40.4 Å². The minimum atomic E-state index is -3.64. The second-order valence-corrected chi connectivity index (χ2v) is 10.9. The molecule has 0 radical (unpaired) electrons. The Morgan fingerprint density at radius 2 is 1.84 bits per heavy atom. The van der Waals surface area contributed by atoms with Crippen LogP contribution in [0.3, 0.4) is 0 Å². The van der Waals surface area contributed by atoms with Gasteiger partial charge < -0.3 is 10.2 Å². The summed E-state index contributed by atoms with van der Waals surface area (Å²) in [5, 5.41) is 5.86. The number of nitrogens with zero attached hydrogens (tertiary/aromatic N) is 2. The van der Waals surface area contributed by atoms with Crippen molar-refractivity contribution >= 4 is 21.6 Å². The van der Waals surface area contributed by atoms with E-state index in [1.165, 1.54) is 0 Å². The van der Waals surface area contributed by atoms with E-state index in [1.807, 2.05) is 13.1 Å². The molecule has 8 nitrogen and oxygen atoms in total. The van der Waals surface area contributed by atoms with Crippen LogP contribution in [0.4, 0.5) is 5.69 Å². The molecular formula is C22H26N4O4S. The van der Waals surface area contributed by atoms with Gasteiger partial charge in [0.15, 0.2) is 6.04 Å². The van der Waals surface area contributed by atoms with Crippen molar-refractivity contribution in [2.24, 2.45) is 5.18 Å². The molecule has 4 rings (SSSR count). The topological polar surface area (TPSA) is 108 Å². The van der Waals surface area contributed by atoms with Crippen LogP contribution in [0.5, 0.6) is 0 Å². The molecule has 2 heterocycles. The number of carbonyl (C=O) groups excluding carboxylic acids is 1. The molecule has 1 unspecified atom stereocenters. The Balaban J connectivity index is 1.81. The van der Waals surface area contributed by atoms with Crippen molar-refractivity contribution in [1.82, 2.24) is 9.62 Å². The second-order valence-electron chi connectivity index (χ2n) is 9.21. The first kappa shape index (κ1) is 21.6. The molecule has 0 aliphatic carbocycles. The average Bonchev–Trinajstić information content (AvgIpc) is 3.01. The molecule has 31 heavy (non-hydrogen) atoms. The van der Waals surface area contributed by atoms with Gasteiger partial charge in [0.1, 0.15) is 0 Å². The first-order valence-electron chi connectivity index (χ1n) is 10.1. The molecule has 1 amide bonds. The van der Waals surface area contributed by atoms with Crippen molar-refractivity contribution in [3.63, 3.8) is 0 Å². The lowest BCUT2D eigenvalue weighted by atomic mass is 9.87. The van der Waals surface area contributed by atoms with Gasteiger partial charge in [-0.3, -0.25) is 4.79 Å². The highest BCUT2D eigenvalue weighted by Gasteiger charge is 2.36. The van der Waals surface area contributed by atoms with Crippen LogP contribution >= 0.6 is 0 Å². The van der Waals surface area contributed by atoms with Crippen molar-refractivity contribution in [2.75, 3.05) is 18.9 Å². The minimum absolute atomic E-state index is 0.185. The number of anilines is 1. The Bertz CT molecular complexity index is 1170. The van der Waals surface area contributed by atoms with Crippen LogP contribution in [-0.2, 0) is 27.8 Å². The third-order valence-corrected chi connectivity index (χ3v) is 7.34. The molecule has 0 bridgehead atoms. The van der Waals surface area contributed by atoms with E-state index in [0.717, 1.165) is 35.2 Å². The molecule has 0 saturated heterocycles. The number of nitroso groups, excluding NO2 is 1. The largest absolute Gasteiger partial charge is 0.323 e. The molecule has 2 aromatic rings. The smallest absolute Gasteiger partial charge is 0.257 e. The normalized spacial score (nSPS) is 19.0. The van der Waals surface area contributed by atoms with Gasteiger partial charge in [0.2, 0.25) is 10.0 Å². The fraction of sp³-hybridized carbons (Fsp3) is 0.409. The number of nitrogens with one attached hydrogen (secondary N) is 2. The predicted octanol–water partition coefficient (Wildman–Crippen LogP) is 3.18. The van der Waals surface area contributed by atoms with E-state index in [9.17, 15) is 18.1 Å². The number of carbonyl (C=O) groups is 1. The molecule has 9 heteroatoms. The fourth-order valence-electron chi connectivity index (χ4n) is 4.25. The number of sulfonamides is 1. The highest BCUT2D eigenvalue weighted by atomic mass is 32.2. The zero-order valence-electron chi connectivity index (χ0n) is 18.0. The third kappa shape index (κ3) is 4.00. The second kappa shape index (κ2) is 7.51. The zero-order chi connectivity index (χ0) is 22.6. The minimum Gasteiger partial charge on any atom is -0.323 e. The number of benzene rings is 2. The van der Waals surface area contributed by atoms with Gasteiger partial charge in [-0.2, -0.15) is 0 Å². The van der Waals surface area contributed by atoms with E-state index >= 15 is 0 Å². The van der Waals surface area contributed by atoms with E-state index in [1.54, 1.807) is 45.0 Å². The number of amides is 1. The van der Waals surface area contributed by atoms with Crippen LogP contribution < -0.4 is 10.0 Å². The van der Waals surface area contributed by atoms with E-state index in [4.69, 9.17) is 0 Å². The fourth-order valence-corrected chi connectivity index (χ4v) is 5.67. The summed E-state index contributed by atoms with van der Waals surface area (Å²) in [7, 11) is -1.63. The zero-order valence-corrected chi connectivity index (χ0v) is 18.8. The van der Waals surface area contributed by atoms with Crippen molar-refractivity contribution in [3.05, 3.63) is 51.9 Å². The maximum Gasteiger partial charge on any atom is 0.257 e. The summed E-state index contributed by atoms with van der Waals surface area (Å²) < 4.78 is 27.9. The predicted molar refractivity (Wildman–Crippen MR) is 119 cm³/mol. The van der Waals surface area contributed by atoms with Gasteiger partial charge in [0.05, 0.1) is 10.6 Å². The lowest BCUT2D eigenvalue weighted by molar-refractivity contribution is -0.116. The summed E-state index contributed by atoms with van der Waals surface area (Å²) in [5.41, 5.74) is 4.52. The summed E-state index contributed by atoms with van der Waals surface area (Å²) in [6.07, 6.45) is 0.787. The first-order valence-corrected chi connectivity index (χ1v) is 11.6. The van der Waals surface area contributed by atoms with Crippen molar-refractivity contribution in [3.8, 4) is 11.1 Å². The summed E-state index contributed by atoms with van der Waals surface area (Å²) in [6, 6.07) is 7.48. The quantitative estimate of drug-likeness (QED) is 0.707. The molecule has 0 saturated carbocycles. The van der Waals surface area contributed by atoms with Crippen molar-refractivity contribution in [2.45, 2.75) is 50.2 Å². The number of rotatable bonds is 4. The van der Waals surface area contributed by atoms with Gasteiger partial charge in [0, 0.05) is 24.2 Å². The summed E-state index contributed by atoms with van der Waals surface area (Å²) in [6.45, 7) is 6.89. The highest BCUT2D eigenvalue weighted by molar-refractivity contribution is 7.89. The standard InChI is InChI=1S/C22H26N4O4S/c1-22(2,3)25-31(29,30)14-7-5-13(6-8-14)16-11-17-19(23-21(27)20(17)24-28)18-12-26(4)10-9-15(16)18/h5-8,11,20,25H,9-10,12H2,1-4H3,(H,23,27). The molecule has 1 atom stereocenters. The SMILES string of the molecule is CN1CCc2c(-c3ccc(S(=O)(=O)NC(C)(C)C)cc3)cc3c(c2C1)NC(=O)C3N=O. The lowest BCUT2D eigenvalue weighted by Gasteiger charge is -2.29. The van der Waals surface area contributed by atoms with Gasteiger partial charge in [0.25, 0.3) is 5.91 Å². The maximum atomic E-state index is 12.6. The van der Waals surface area contributed by atoms with Gasteiger partial charge in [-0.25, -0.2) is 13.1 Å². The molecular weight excluding hydrogens is 416 g/mol. The highest BCUT2D eigenvalue weighted by Crippen LogP contribution is 2.44. The number of hydrogen-bond acceptors (Lipinski definition) is 6. The third-order valence-electron chi connectivity index (χ3n) is 5.56. The van der Waals surface area contributed by atoms with Crippen LogP contribution in [0.1, 0.15) is 43.5 Å². The Morgan fingerprint density at radius 1 is 1.16 bits per heavy atom. The van der Waals surface area contributed by atoms with Gasteiger partial charge in [-0.1, -0.05) is 17.3 Å². The van der Waals surface area contributed by atoms with E-state index in [2.05, 4.69) is 20.1 Å². The van der Waals surface area contributed by atoms with Gasteiger partial charge in [-0.05, 0) is 74.7 Å². The van der Waals surface area contributed by atoms with Crippen LogP contribution in [0.2, 0.25) is 0 Å². The number of hydrogen-bond donors (Lipinski definition) is 2. The average molecular weight is 443 g/mol. The Morgan fingerprint density at radius 3 is 2.45 bits per heavy atom. The Labute approximate surface area is 182 Å². The number of likely N-dealkylation sites (N-methyl/N-ethyl adjacent to an activating group) is 1. The molecule has 2 N–H and O–H groups in total. The van der Waals surface area contributed by atoms with Gasteiger partial charge >= 0.3 is 0 Å². The summed E-state index contributed by atoms with van der Waals surface area (Å²) in [5.74, 6) is -0.410. The van der Waals surface area contributed by atoms with Crippen LogP contribution in [0, 0.1) is 4.91 Å². The Kier molecular flexibility index (Phi) is 5.23. The van der Waals surface area contributed by atoms with Crippen LogP contribution in [0.25, 0.3) is 11.1 Å². The molecule has 2 aromatic carbocycles. The first-order chi connectivity index (χ1) is 14.5. The molecule has 2 aliphatic rings. The van der Waals surface area contributed by atoms with Crippen LogP contribution in [-0.4, -0.2) is 38.4 Å².